The van der Waals surface area contributed by atoms with Gasteiger partial charge in [-0.15, -0.1) is 11.6 Å². The molecule has 0 spiro atoms. The zero-order valence-corrected chi connectivity index (χ0v) is 9.86. The molecule has 0 aliphatic heterocycles. The molecule has 0 saturated carbocycles. The van der Waals surface area contributed by atoms with E-state index in [4.69, 9.17) is 16.3 Å². The van der Waals surface area contributed by atoms with Gasteiger partial charge in [0.15, 0.2) is 0 Å². The summed E-state index contributed by atoms with van der Waals surface area (Å²) in [7, 11) is 1.67. The first-order valence-corrected chi connectivity index (χ1v) is 5.49. The minimum absolute atomic E-state index is 0.707. The van der Waals surface area contributed by atoms with Gasteiger partial charge in [0.1, 0.15) is 5.75 Å². The Kier molecular flexibility index (Phi) is 4.60. The molecule has 1 nitrogen and oxygen atoms in total. The van der Waals surface area contributed by atoms with Gasteiger partial charge in [0.2, 0.25) is 0 Å². The van der Waals surface area contributed by atoms with Gasteiger partial charge in [-0.3, -0.25) is 0 Å². The molecular weight excluding hydrogens is 251 g/mol. The van der Waals surface area contributed by atoms with Crippen molar-refractivity contribution in [2.45, 2.75) is 12.8 Å². The van der Waals surface area contributed by atoms with E-state index in [2.05, 4.69) is 22.0 Å². The van der Waals surface area contributed by atoms with E-state index in [1.54, 1.807) is 7.11 Å². The van der Waals surface area contributed by atoms with Crippen molar-refractivity contribution in [2.24, 2.45) is 0 Å². The largest absolute Gasteiger partial charge is 0.497 e. The second kappa shape index (κ2) is 5.51. The number of hydrogen-bond donors (Lipinski definition) is 0. The van der Waals surface area contributed by atoms with Crippen molar-refractivity contribution in [1.82, 2.24) is 0 Å². The van der Waals surface area contributed by atoms with Gasteiger partial charge < -0.3 is 4.74 Å². The number of ether oxygens (including phenoxy) is 1. The molecule has 72 valence electrons. The van der Waals surface area contributed by atoms with Gasteiger partial charge in [-0.1, -0.05) is 22.0 Å². The average Bonchev–Trinajstić information content (AvgIpc) is 2.16. The maximum absolute atomic E-state index is 5.62. The Labute approximate surface area is 92.2 Å². The first-order chi connectivity index (χ1) is 6.27. The van der Waals surface area contributed by atoms with Crippen molar-refractivity contribution in [3.8, 4) is 5.75 Å². The van der Waals surface area contributed by atoms with Crippen LogP contribution in [0.2, 0.25) is 0 Å². The topological polar surface area (TPSA) is 9.23 Å². The minimum Gasteiger partial charge on any atom is -0.497 e. The van der Waals surface area contributed by atoms with E-state index in [9.17, 15) is 0 Å². The Morgan fingerprint density at radius 2 is 2.23 bits per heavy atom. The fraction of sp³-hybridized carbons (Fsp3) is 0.400. The molecule has 0 radical (unpaired) electrons. The molecule has 0 aliphatic carbocycles. The Hall–Kier alpha value is -0.210. The molecule has 13 heavy (non-hydrogen) atoms. The highest BCUT2D eigenvalue weighted by molar-refractivity contribution is 9.10. The molecule has 0 aromatic heterocycles. The van der Waals surface area contributed by atoms with Gasteiger partial charge in [-0.25, -0.2) is 0 Å². The molecule has 1 aromatic rings. The number of hydrogen-bond acceptors (Lipinski definition) is 1. The molecular formula is C10H12BrClO. The Morgan fingerprint density at radius 3 is 2.77 bits per heavy atom. The molecule has 1 aromatic carbocycles. The van der Waals surface area contributed by atoms with Gasteiger partial charge in [0.05, 0.1) is 7.11 Å². The van der Waals surface area contributed by atoms with E-state index in [1.807, 2.05) is 12.1 Å². The van der Waals surface area contributed by atoms with E-state index >= 15 is 0 Å². The lowest BCUT2D eigenvalue weighted by molar-refractivity contribution is 0.414. The highest BCUT2D eigenvalue weighted by Gasteiger charge is 2.00. The molecule has 0 aliphatic rings. The van der Waals surface area contributed by atoms with Crippen LogP contribution in [0, 0.1) is 0 Å². The van der Waals surface area contributed by atoms with E-state index in [0.29, 0.717) is 5.88 Å². The zero-order valence-electron chi connectivity index (χ0n) is 7.52. The van der Waals surface area contributed by atoms with Gasteiger partial charge in [-0.2, -0.15) is 0 Å². The van der Waals surface area contributed by atoms with Crippen LogP contribution in [-0.2, 0) is 6.42 Å². The third-order valence-electron chi connectivity index (χ3n) is 1.84. The smallest absolute Gasteiger partial charge is 0.120 e. The van der Waals surface area contributed by atoms with Crippen molar-refractivity contribution in [1.29, 1.82) is 0 Å². The number of alkyl halides is 1. The van der Waals surface area contributed by atoms with Crippen LogP contribution in [0.1, 0.15) is 12.0 Å². The lowest BCUT2D eigenvalue weighted by atomic mass is 10.1. The summed E-state index contributed by atoms with van der Waals surface area (Å²) in [6, 6.07) is 6.01. The normalized spacial score (nSPS) is 10.1. The Balaban J connectivity index is 2.73. The third-order valence-corrected chi connectivity index (χ3v) is 2.85. The van der Waals surface area contributed by atoms with Crippen molar-refractivity contribution < 1.29 is 4.74 Å². The van der Waals surface area contributed by atoms with E-state index < -0.39 is 0 Å². The van der Waals surface area contributed by atoms with Crippen molar-refractivity contribution in [2.75, 3.05) is 13.0 Å². The fourth-order valence-electron chi connectivity index (χ4n) is 1.12. The number of aryl methyl sites for hydroxylation is 1. The average molecular weight is 264 g/mol. The van der Waals surface area contributed by atoms with Crippen LogP contribution in [0.3, 0.4) is 0 Å². The number of methoxy groups -OCH3 is 1. The first kappa shape index (κ1) is 10.9. The molecule has 0 N–H and O–H groups in total. The van der Waals surface area contributed by atoms with Gasteiger partial charge >= 0.3 is 0 Å². The highest BCUT2D eigenvalue weighted by Crippen LogP contribution is 2.23. The molecule has 0 bridgehead atoms. The fourth-order valence-corrected chi connectivity index (χ4v) is 1.80. The van der Waals surface area contributed by atoms with Crippen molar-refractivity contribution in [3.05, 3.63) is 28.2 Å². The Bertz CT molecular complexity index is 276. The van der Waals surface area contributed by atoms with Crippen molar-refractivity contribution >= 4 is 27.5 Å². The zero-order chi connectivity index (χ0) is 9.68. The summed E-state index contributed by atoms with van der Waals surface area (Å²) >= 11 is 9.12. The summed E-state index contributed by atoms with van der Waals surface area (Å²) in [6.45, 7) is 0. The highest BCUT2D eigenvalue weighted by atomic mass is 79.9. The third kappa shape index (κ3) is 3.20. The van der Waals surface area contributed by atoms with Crippen LogP contribution < -0.4 is 4.74 Å². The van der Waals surface area contributed by atoms with Crippen molar-refractivity contribution in [3.63, 3.8) is 0 Å². The second-order valence-electron chi connectivity index (χ2n) is 2.75. The Morgan fingerprint density at radius 1 is 1.46 bits per heavy atom. The van der Waals surface area contributed by atoms with Crippen LogP contribution in [0.4, 0.5) is 0 Å². The van der Waals surface area contributed by atoms with Gasteiger partial charge in [0, 0.05) is 10.4 Å². The van der Waals surface area contributed by atoms with Crippen LogP contribution in [-0.4, -0.2) is 13.0 Å². The van der Waals surface area contributed by atoms with Gasteiger partial charge in [-0.05, 0) is 30.5 Å². The van der Waals surface area contributed by atoms with E-state index in [1.165, 1.54) is 5.56 Å². The summed E-state index contributed by atoms with van der Waals surface area (Å²) in [5.41, 5.74) is 1.28. The predicted octanol–water partition coefficient (Wildman–Crippen LogP) is 3.63. The van der Waals surface area contributed by atoms with Crippen LogP contribution >= 0.6 is 27.5 Å². The SMILES string of the molecule is COc1ccc(CCCCl)c(Br)c1. The molecule has 1 rings (SSSR count). The summed E-state index contributed by atoms with van der Waals surface area (Å²) in [5.74, 6) is 1.58. The summed E-state index contributed by atoms with van der Waals surface area (Å²) in [4.78, 5) is 0. The lowest BCUT2D eigenvalue weighted by Crippen LogP contribution is -1.89. The molecule has 0 fully saturated rings. The van der Waals surface area contributed by atoms with Gasteiger partial charge in [0.25, 0.3) is 0 Å². The van der Waals surface area contributed by atoms with E-state index in [-0.39, 0.29) is 0 Å². The van der Waals surface area contributed by atoms with E-state index in [0.717, 1.165) is 23.1 Å². The first-order valence-electron chi connectivity index (χ1n) is 4.16. The monoisotopic (exact) mass is 262 g/mol. The number of rotatable bonds is 4. The molecule has 0 atom stereocenters. The summed E-state index contributed by atoms with van der Waals surface area (Å²) in [6.07, 6.45) is 2.01. The van der Waals surface area contributed by atoms with Crippen LogP contribution in [0.15, 0.2) is 22.7 Å². The molecule has 3 heteroatoms. The second-order valence-corrected chi connectivity index (χ2v) is 3.98. The predicted molar refractivity (Wildman–Crippen MR) is 59.7 cm³/mol. The number of benzene rings is 1. The molecule has 0 amide bonds. The maximum atomic E-state index is 5.62. The maximum Gasteiger partial charge on any atom is 0.120 e. The molecule has 0 unspecified atom stereocenters. The molecule has 0 heterocycles. The minimum atomic E-state index is 0.707. The standard InChI is InChI=1S/C10H12BrClO/c1-13-9-5-4-8(3-2-6-12)10(11)7-9/h4-5,7H,2-3,6H2,1H3. The lowest BCUT2D eigenvalue weighted by Gasteiger charge is -2.05. The summed E-state index contributed by atoms with van der Waals surface area (Å²) in [5, 5.41) is 0. The molecule has 0 saturated heterocycles. The summed E-state index contributed by atoms with van der Waals surface area (Å²) < 4.78 is 6.19. The quantitative estimate of drug-likeness (QED) is 0.754. The number of halogens is 2. The van der Waals surface area contributed by atoms with Crippen LogP contribution in [0.25, 0.3) is 0 Å². The van der Waals surface area contributed by atoms with Crippen LogP contribution in [0.5, 0.6) is 5.75 Å².